The summed E-state index contributed by atoms with van der Waals surface area (Å²) in [5.74, 6) is 1.45. The van der Waals surface area contributed by atoms with Gasteiger partial charge in [0, 0.05) is 19.2 Å². The molecule has 0 aliphatic heterocycles. The van der Waals surface area contributed by atoms with Gasteiger partial charge >= 0.3 is 0 Å². The lowest BCUT2D eigenvalue weighted by Crippen LogP contribution is -2.33. The predicted molar refractivity (Wildman–Crippen MR) is 78.0 cm³/mol. The fraction of sp³-hybridized carbons (Fsp3) is 1.00. The summed E-state index contributed by atoms with van der Waals surface area (Å²) in [6.45, 7) is 15.1. The maximum atomic E-state index is 5.50. The number of nitrogens with one attached hydrogen (secondary N) is 1. The summed E-state index contributed by atoms with van der Waals surface area (Å²) in [6.07, 6.45) is 2.41. The normalized spacial score (nSPS) is 13.5. The summed E-state index contributed by atoms with van der Waals surface area (Å²) < 4.78 is 11.0. The number of hydrogen-bond donors (Lipinski definition) is 1. The van der Waals surface area contributed by atoms with E-state index in [0.29, 0.717) is 18.6 Å². The van der Waals surface area contributed by atoms with Gasteiger partial charge in [0.2, 0.25) is 0 Å². The van der Waals surface area contributed by atoms with Crippen molar-refractivity contribution in [1.82, 2.24) is 5.32 Å². The Balaban J connectivity index is 3.08. The molecule has 1 unspecified atom stereocenters. The molecule has 0 saturated carbocycles. The van der Waals surface area contributed by atoms with Crippen molar-refractivity contribution in [1.29, 1.82) is 0 Å². The van der Waals surface area contributed by atoms with Gasteiger partial charge < -0.3 is 14.8 Å². The van der Waals surface area contributed by atoms with Crippen LogP contribution in [0.1, 0.15) is 47.5 Å². The van der Waals surface area contributed by atoms with Crippen LogP contribution in [0.2, 0.25) is 0 Å². The highest BCUT2D eigenvalue weighted by Crippen LogP contribution is 2.02. The van der Waals surface area contributed by atoms with Crippen molar-refractivity contribution in [2.24, 2.45) is 11.8 Å². The largest absolute Gasteiger partial charge is 0.379 e. The molecule has 3 heteroatoms. The molecule has 18 heavy (non-hydrogen) atoms. The summed E-state index contributed by atoms with van der Waals surface area (Å²) in [4.78, 5) is 0. The third-order valence-corrected chi connectivity index (χ3v) is 3.15. The Kier molecular flexibility index (Phi) is 11.9. The van der Waals surface area contributed by atoms with E-state index in [1.807, 2.05) is 0 Å². The van der Waals surface area contributed by atoms with Gasteiger partial charge in [0.05, 0.1) is 19.8 Å². The van der Waals surface area contributed by atoms with Gasteiger partial charge in [-0.25, -0.2) is 0 Å². The standard InChI is InChI=1S/C15H33NO2/c1-13(2)7-6-9-17-11-12-18-10-8-16-15(5)14(3)4/h13-16H,6-12H2,1-5H3. The highest BCUT2D eigenvalue weighted by molar-refractivity contribution is 4.63. The molecule has 0 fully saturated rings. The molecular formula is C15H33NO2. The van der Waals surface area contributed by atoms with Crippen LogP contribution >= 0.6 is 0 Å². The molecule has 110 valence electrons. The van der Waals surface area contributed by atoms with Crippen LogP contribution in [0.25, 0.3) is 0 Å². The van der Waals surface area contributed by atoms with E-state index >= 15 is 0 Å². The zero-order valence-corrected chi connectivity index (χ0v) is 13.0. The molecule has 0 aromatic carbocycles. The van der Waals surface area contributed by atoms with Crippen molar-refractivity contribution >= 4 is 0 Å². The van der Waals surface area contributed by atoms with Crippen LogP contribution in [0.3, 0.4) is 0 Å². The van der Waals surface area contributed by atoms with Crippen molar-refractivity contribution in [3.63, 3.8) is 0 Å². The topological polar surface area (TPSA) is 30.5 Å². The van der Waals surface area contributed by atoms with E-state index in [2.05, 4.69) is 39.9 Å². The van der Waals surface area contributed by atoms with Crippen LogP contribution in [0.15, 0.2) is 0 Å². The third kappa shape index (κ3) is 12.3. The highest BCUT2D eigenvalue weighted by atomic mass is 16.5. The lowest BCUT2D eigenvalue weighted by molar-refractivity contribution is 0.0459. The summed E-state index contributed by atoms with van der Waals surface area (Å²) in [5, 5.41) is 3.44. The van der Waals surface area contributed by atoms with E-state index in [1.54, 1.807) is 0 Å². The first-order valence-electron chi connectivity index (χ1n) is 7.43. The van der Waals surface area contributed by atoms with Gasteiger partial charge in [0.15, 0.2) is 0 Å². The van der Waals surface area contributed by atoms with Crippen molar-refractivity contribution in [2.75, 3.05) is 33.0 Å². The molecule has 0 saturated heterocycles. The summed E-state index contributed by atoms with van der Waals surface area (Å²) in [6, 6.07) is 0.556. The molecule has 0 aromatic heterocycles. The first-order chi connectivity index (χ1) is 8.54. The molecule has 3 nitrogen and oxygen atoms in total. The van der Waals surface area contributed by atoms with E-state index in [9.17, 15) is 0 Å². The monoisotopic (exact) mass is 259 g/mol. The van der Waals surface area contributed by atoms with Crippen LogP contribution in [-0.4, -0.2) is 39.0 Å². The molecule has 1 N–H and O–H groups in total. The second-order valence-electron chi connectivity index (χ2n) is 5.75. The van der Waals surface area contributed by atoms with Crippen LogP contribution < -0.4 is 5.32 Å². The SMILES string of the molecule is CC(C)CCCOCCOCCNC(C)C(C)C. The summed E-state index contributed by atoms with van der Waals surface area (Å²) in [5.41, 5.74) is 0. The van der Waals surface area contributed by atoms with E-state index in [1.165, 1.54) is 6.42 Å². The van der Waals surface area contributed by atoms with Crippen LogP contribution in [0, 0.1) is 11.8 Å². The van der Waals surface area contributed by atoms with Gasteiger partial charge in [-0.05, 0) is 31.6 Å². The van der Waals surface area contributed by atoms with E-state index in [4.69, 9.17) is 9.47 Å². The van der Waals surface area contributed by atoms with Crippen molar-refractivity contribution < 1.29 is 9.47 Å². The Morgan fingerprint density at radius 2 is 1.44 bits per heavy atom. The van der Waals surface area contributed by atoms with Crippen molar-refractivity contribution in [2.45, 2.75) is 53.5 Å². The maximum absolute atomic E-state index is 5.50. The van der Waals surface area contributed by atoms with Crippen LogP contribution in [0.4, 0.5) is 0 Å². The minimum absolute atomic E-state index is 0.556. The molecule has 0 spiro atoms. The highest BCUT2D eigenvalue weighted by Gasteiger charge is 2.04. The smallest absolute Gasteiger partial charge is 0.0701 e. The van der Waals surface area contributed by atoms with Crippen LogP contribution in [-0.2, 0) is 9.47 Å². The molecule has 0 bridgehead atoms. The van der Waals surface area contributed by atoms with E-state index < -0.39 is 0 Å². The number of ether oxygens (including phenoxy) is 2. The molecular weight excluding hydrogens is 226 g/mol. The maximum Gasteiger partial charge on any atom is 0.0701 e. The van der Waals surface area contributed by atoms with Gasteiger partial charge in [-0.3, -0.25) is 0 Å². The lowest BCUT2D eigenvalue weighted by atomic mass is 10.1. The Bertz CT molecular complexity index is 172. The first-order valence-corrected chi connectivity index (χ1v) is 7.43. The van der Waals surface area contributed by atoms with Crippen LogP contribution in [0.5, 0.6) is 0 Å². The zero-order chi connectivity index (χ0) is 13.8. The number of hydrogen-bond acceptors (Lipinski definition) is 3. The molecule has 0 radical (unpaired) electrons. The minimum atomic E-state index is 0.556. The minimum Gasteiger partial charge on any atom is -0.379 e. The first kappa shape index (κ1) is 17.9. The quantitative estimate of drug-likeness (QED) is 0.546. The molecule has 0 amide bonds. The Hall–Kier alpha value is -0.120. The third-order valence-electron chi connectivity index (χ3n) is 3.15. The van der Waals surface area contributed by atoms with E-state index in [0.717, 1.165) is 38.7 Å². The Labute approximate surface area is 114 Å². The fourth-order valence-electron chi connectivity index (χ4n) is 1.51. The Morgan fingerprint density at radius 1 is 0.833 bits per heavy atom. The second kappa shape index (κ2) is 11.9. The molecule has 1 atom stereocenters. The Morgan fingerprint density at radius 3 is 2.00 bits per heavy atom. The lowest BCUT2D eigenvalue weighted by Gasteiger charge is -2.17. The summed E-state index contributed by atoms with van der Waals surface area (Å²) in [7, 11) is 0. The molecule has 0 aliphatic rings. The average Bonchev–Trinajstić information content (AvgIpc) is 2.30. The van der Waals surface area contributed by atoms with Gasteiger partial charge in [-0.15, -0.1) is 0 Å². The molecule has 0 rings (SSSR count). The predicted octanol–water partition coefficient (Wildman–Crippen LogP) is 3.09. The fourth-order valence-corrected chi connectivity index (χ4v) is 1.51. The zero-order valence-electron chi connectivity index (χ0n) is 13.0. The van der Waals surface area contributed by atoms with Gasteiger partial charge in [-0.1, -0.05) is 27.7 Å². The van der Waals surface area contributed by atoms with E-state index in [-0.39, 0.29) is 0 Å². The van der Waals surface area contributed by atoms with Gasteiger partial charge in [0.1, 0.15) is 0 Å². The average molecular weight is 259 g/mol. The molecule has 0 heterocycles. The second-order valence-corrected chi connectivity index (χ2v) is 5.75. The van der Waals surface area contributed by atoms with Gasteiger partial charge in [0.25, 0.3) is 0 Å². The molecule has 0 aliphatic carbocycles. The van der Waals surface area contributed by atoms with Crippen molar-refractivity contribution in [3.8, 4) is 0 Å². The van der Waals surface area contributed by atoms with Gasteiger partial charge in [-0.2, -0.15) is 0 Å². The number of rotatable bonds is 12. The summed E-state index contributed by atoms with van der Waals surface area (Å²) >= 11 is 0. The molecule has 0 aromatic rings. The van der Waals surface area contributed by atoms with Crippen molar-refractivity contribution in [3.05, 3.63) is 0 Å².